The summed E-state index contributed by atoms with van der Waals surface area (Å²) in [5.74, 6) is 0. The summed E-state index contributed by atoms with van der Waals surface area (Å²) >= 11 is 7.72. The third kappa shape index (κ3) is 3.93. The molecule has 134 valence electrons. The summed E-state index contributed by atoms with van der Waals surface area (Å²) in [6.45, 7) is 3.77. The van der Waals surface area contributed by atoms with E-state index >= 15 is 0 Å². The van der Waals surface area contributed by atoms with Crippen LogP contribution in [-0.2, 0) is 11.3 Å². The molecule has 3 nitrogen and oxygen atoms in total. The highest BCUT2D eigenvalue weighted by Gasteiger charge is 2.19. The van der Waals surface area contributed by atoms with Crippen molar-refractivity contribution in [1.82, 2.24) is 4.57 Å². The van der Waals surface area contributed by atoms with Crippen LogP contribution < -0.4 is 4.80 Å². The maximum absolute atomic E-state index is 6.06. The Morgan fingerprint density at radius 2 is 1.92 bits per heavy atom. The van der Waals surface area contributed by atoms with E-state index in [0.717, 1.165) is 52.8 Å². The van der Waals surface area contributed by atoms with Crippen LogP contribution in [0.5, 0.6) is 0 Å². The summed E-state index contributed by atoms with van der Waals surface area (Å²) < 4.78 is 8.16. The van der Waals surface area contributed by atoms with Crippen molar-refractivity contribution in [2.75, 3.05) is 6.61 Å². The molecule has 2 heterocycles. The molecule has 1 saturated heterocycles. The molecule has 0 spiro atoms. The fourth-order valence-electron chi connectivity index (χ4n) is 3.17. The molecule has 1 unspecified atom stereocenters. The molecule has 1 aromatic heterocycles. The number of hydrogen-bond donors (Lipinski definition) is 0. The summed E-state index contributed by atoms with van der Waals surface area (Å²) in [6, 6.07) is 16.3. The van der Waals surface area contributed by atoms with Crippen molar-refractivity contribution in [2.24, 2.45) is 4.99 Å². The highest BCUT2D eigenvalue weighted by atomic mass is 35.5. The highest BCUT2D eigenvalue weighted by molar-refractivity contribution is 7.07. The second-order valence-electron chi connectivity index (χ2n) is 6.60. The number of halogens is 1. The lowest BCUT2D eigenvalue weighted by atomic mass is 10.1. The van der Waals surface area contributed by atoms with Crippen LogP contribution in [0.4, 0.5) is 5.69 Å². The van der Waals surface area contributed by atoms with Crippen LogP contribution in [0, 0.1) is 6.92 Å². The van der Waals surface area contributed by atoms with Gasteiger partial charge < -0.3 is 9.30 Å². The minimum absolute atomic E-state index is 0.257. The van der Waals surface area contributed by atoms with E-state index in [2.05, 4.69) is 53.3 Å². The van der Waals surface area contributed by atoms with Gasteiger partial charge in [0, 0.05) is 17.0 Å². The molecule has 1 aliphatic rings. The first-order valence-electron chi connectivity index (χ1n) is 8.86. The molecule has 5 heteroatoms. The quantitative estimate of drug-likeness (QED) is 0.575. The van der Waals surface area contributed by atoms with Gasteiger partial charge in [0.15, 0.2) is 4.80 Å². The van der Waals surface area contributed by atoms with Crippen LogP contribution in [0.15, 0.2) is 58.9 Å². The molecule has 1 atom stereocenters. The molecule has 0 radical (unpaired) electrons. The van der Waals surface area contributed by atoms with Gasteiger partial charge >= 0.3 is 0 Å². The number of benzene rings is 2. The molecule has 1 fully saturated rings. The van der Waals surface area contributed by atoms with Gasteiger partial charge in [-0.1, -0.05) is 41.4 Å². The van der Waals surface area contributed by atoms with Crippen LogP contribution in [0.25, 0.3) is 11.3 Å². The molecule has 26 heavy (non-hydrogen) atoms. The van der Waals surface area contributed by atoms with Crippen LogP contribution in [0.2, 0.25) is 5.02 Å². The summed E-state index contributed by atoms with van der Waals surface area (Å²) in [4.78, 5) is 5.88. The lowest BCUT2D eigenvalue weighted by Crippen LogP contribution is -2.24. The molecule has 1 aliphatic heterocycles. The van der Waals surface area contributed by atoms with Crippen molar-refractivity contribution >= 4 is 28.6 Å². The third-order valence-electron chi connectivity index (χ3n) is 4.61. The topological polar surface area (TPSA) is 26.5 Å². The van der Waals surface area contributed by atoms with Gasteiger partial charge in [-0.05, 0) is 49.6 Å². The van der Waals surface area contributed by atoms with Crippen molar-refractivity contribution in [2.45, 2.75) is 32.4 Å². The Hall–Kier alpha value is -1.88. The third-order valence-corrected chi connectivity index (χ3v) is 5.72. The molecule has 0 amide bonds. The fourth-order valence-corrected chi connectivity index (χ4v) is 4.23. The first kappa shape index (κ1) is 17.5. The van der Waals surface area contributed by atoms with Gasteiger partial charge in [-0.3, -0.25) is 0 Å². The molecule has 2 aromatic carbocycles. The standard InChI is InChI=1S/C21H21ClN2OS/c1-15-4-10-18(11-5-15)23-21-24(13-19-3-2-12-25-19)20(14-26-21)16-6-8-17(22)9-7-16/h4-11,14,19H,2-3,12-13H2,1H3. The number of hydrogen-bond acceptors (Lipinski definition) is 3. The zero-order valence-electron chi connectivity index (χ0n) is 14.7. The second kappa shape index (κ2) is 7.78. The normalized spacial score (nSPS) is 17.8. The van der Waals surface area contributed by atoms with Crippen LogP contribution in [0.3, 0.4) is 0 Å². The van der Waals surface area contributed by atoms with E-state index in [1.165, 1.54) is 5.56 Å². The Morgan fingerprint density at radius 3 is 2.62 bits per heavy atom. The number of aryl methyl sites for hydroxylation is 1. The van der Waals surface area contributed by atoms with Crippen molar-refractivity contribution in [3.05, 3.63) is 69.3 Å². The molecule has 0 aliphatic carbocycles. The lowest BCUT2D eigenvalue weighted by Gasteiger charge is -2.14. The highest BCUT2D eigenvalue weighted by Crippen LogP contribution is 2.25. The predicted molar refractivity (Wildman–Crippen MR) is 108 cm³/mol. The van der Waals surface area contributed by atoms with E-state index in [9.17, 15) is 0 Å². The van der Waals surface area contributed by atoms with E-state index in [4.69, 9.17) is 21.3 Å². The molecule has 0 bridgehead atoms. The Balaban J connectivity index is 1.77. The molecule has 4 rings (SSSR count). The minimum atomic E-state index is 0.257. The summed E-state index contributed by atoms with van der Waals surface area (Å²) in [5.41, 5.74) is 4.52. The molecular formula is C21H21ClN2OS. The van der Waals surface area contributed by atoms with Gasteiger partial charge in [0.05, 0.1) is 24.0 Å². The number of aromatic nitrogens is 1. The summed E-state index contributed by atoms with van der Waals surface area (Å²) in [5, 5.41) is 2.92. The van der Waals surface area contributed by atoms with Gasteiger partial charge in [-0.15, -0.1) is 11.3 Å². The Labute approximate surface area is 162 Å². The summed E-state index contributed by atoms with van der Waals surface area (Å²) in [7, 11) is 0. The molecular weight excluding hydrogens is 364 g/mol. The first-order valence-corrected chi connectivity index (χ1v) is 10.1. The van der Waals surface area contributed by atoms with Crippen LogP contribution in [0.1, 0.15) is 18.4 Å². The number of nitrogens with zero attached hydrogens (tertiary/aromatic N) is 2. The zero-order valence-corrected chi connectivity index (χ0v) is 16.3. The maximum atomic E-state index is 6.06. The van der Waals surface area contributed by atoms with Crippen molar-refractivity contribution < 1.29 is 4.74 Å². The van der Waals surface area contributed by atoms with Gasteiger partial charge in [-0.2, -0.15) is 0 Å². The van der Waals surface area contributed by atoms with Gasteiger partial charge in [-0.25, -0.2) is 4.99 Å². The van der Waals surface area contributed by atoms with E-state index in [-0.39, 0.29) is 6.10 Å². The fraction of sp³-hybridized carbons (Fsp3) is 0.286. The minimum Gasteiger partial charge on any atom is -0.376 e. The Kier molecular flexibility index (Phi) is 5.25. The van der Waals surface area contributed by atoms with Crippen LogP contribution in [-0.4, -0.2) is 17.3 Å². The average molecular weight is 385 g/mol. The molecule has 3 aromatic rings. The summed E-state index contributed by atoms with van der Waals surface area (Å²) in [6.07, 6.45) is 2.50. The first-order chi connectivity index (χ1) is 12.7. The zero-order chi connectivity index (χ0) is 17.9. The van der Waals surface area contributed by atoms with E-state index in [0.29, 0.717) is 0 Å². The van der Waals surface area contributed by atoms with E-state index < -0.39 is 0 Å². The van der Waals surface area contributed by atoms with Crippen molar-refractivity contribution in [3.63, 3.8) is 0 Å². The van der Waals surface area contributed by atoms with Gasteiger partial charge in [0.2, 0.25) is 0 Å². The van der Waals surface area contributed by atoms with Gasteiger partial charge in [0.25, 0.3) is 0 Å². The molecule has 0 N–H and O–H groups in total. The SMILES string of the molecule is Cc1ccc(N=c2scc(-c3ccc(Cl)cc3)n2CC2CCCO2)cc1. The number of ether oxygens (including phenoxy) is 1. The monoisotopic (exact) mass is 384 g/mol. The second-order valence-corrected chi connectivity index (χ2v) is 7.88. The maximum Gasteiger partial charge on any atom is 0.190 e. The lowest BCUT2D eigenvalue weighted by molar-refractivity contribution is 0.0968. The number of thiazole rings is 1. The smallest absolute Gasteiger partial charge is 0.190 e. The van der Waals surface area contributed by atoms with E-state index in [1.807, 2.05) is 12.1 Å². The molecule has 0 saturated carbocycles. The van der Waals surface area contributed by atoms with E-state index in [1.54, 1.807) is 11.3 Å². The van der Waals surface area contributed by atoms with Crippen molar-refractivity contribution in [3.8, 4) is 11.3 Å². The average Bonchev–Trinajstić information content (AvgIpc) is 3.29. The Bertz CT molecular complexity index is 935. The van der Waals surface area contributed by atoms with Crippen LogP contribution >= 0.6 is 22.9 Å². The number of rotatable bonds is 4. The Morgan fingerprint density at radius 1 is 1.15 bits per heavy atom. The van der Waals surface area contributed by atoms with Gasteiger partial charge in [0.1, 0.15) is 0 Å². The predicted octanol–water partition coefficient (Wildman–Crippen LogP) is 5.59. The van der Waals surface area contributed by atoms with Crippen molar-refractivity contribution in [1.29, 1.82) is 0 Å². The largest absolute Gasteiger partial charge is 0.376 e.